The summed E-state index contributed by atoms with van der Waals surface area (Å²) >= 11 is 0. The molecule has 1 fully saturated rings. The van der Waals surface area contributed by atoms with Gasteiger partial charge >= 0.3 is 0 Å². The van der Waals surface area contributed by atoms with Gasteiger partial charge in [0.05, 0.1) is 31.0 Å². The first-order chi connectivity index (χ1) is 14.0. The van der Waals surface area contributed by atoms with Crippen molar-refractivity contribution in [2.24, 2.45) is 5.92 Å². The van der Waals surface area contributed by atoms with E-state index >= 15 is 0 Å². The lowest BCUT2D eigenvalue weighted by molar-refractivity contribution is -0.715. The number of aryl methyl sites for hydroxylation is 2. The highest BCUT2D eigenvalue weighted by Gasteiger charge is 2.38. The zero-order chi connectivity index (χ0) is 20.5. The van der Waals surface area contributed by atoms with E-state index < -0.39 is 6.23 Å². The highest BCUT2D eigenvalue weighted by molar-refractivity contribution is 5.93. The highest BCUT2D eigenvalue weighted by Crippen LogP contribution is 2.35. The fourth-order valence-corrected chi connectivity index (χ4v) is 4.39. The van der Waals surface area contributed by atoms with Crippen LogP contribution in [0.5, 0.6) is 0 Å². The molecule has 2 aromatic rings. The van der Waals surface area contributed by atoms with Crippen molar-refractivity contribution >= 4 is 17.4 Å². The van der Waals surface area contributed by atoms with Gasteiger partial charge < -0.3 is 14.7 Å². The van der Waals surface area contributed by atoms with E-state index in [2.05, 4.69) is 46.5 Å². The quantitative estimate of drug-likeness (QED) is 0.793. The van der Waals surface area contributed by atoms with Crippen LogP contribution in [0.3, 0.4) is 0 Å². The van der Waals surface area contributed by atoms with Crippen LogP contribution >= 0.6 is 0 Å². The van der Waals surface area contributed by atoms with Gasteiger partial charge in [-0.05, 0) is 24.1 Å². The molecule has 0 aromatic carbocycles. The molecule has 2 aliphatic rings. The third-order valence-corrected chi connectivity index (χ3v) is 6.00. The summed E-state index contributed by atoms with van der Waals surface area (Å²) in [4.78, 5) is 20.7. The highest BCUT2D eigenvalue weighted by atomic mass is 16.5. The van der Waals surface area contributed by atoms with Crippen LogP contribution in [0.15, 0.2) is 30.5 Å². The Balaban J connectivity index is 1.68. The van der Waals surface area contributed by atoms with Gasteiger partial charge in [-0.1, -0.05) is 0 Å². The molecule has 0 radical (unpaired) electrons. The molecule has 2 aliphatic heterocycles. The average Bonchev–Trinajstić information content (AvgIpc) is 2.71. The summed E-state index contributed by atoms with van der Waals surface area (Å²) in [6.45, 7) is 9.30. The Kier molecular flexibility index (Phi) is 5.52. The summed E-state index contributed by atoms with van der Waals surface area (Å²) in [6.07, 6.45) is 1.55. The van der Waals surface area contributed by atoms with Gasteiger partial charge in [0.2, 0.25) is 5.91 Å². The van der Waals surface area contributed by atoms with Gasteiger partial charge in [-0.15, -0.1) is 0 Å². The van der Waals surface area contributed by atoms with Crippen LogP contribution in [0.25, 0.3) is 0 Å². The van der Waals surface area contributed by atoms with E-state index in [1.807, 2.05) is 6.07 Å². The minimum atomic E-state index is -0.873. The molecule has 2 aromatic heterocycles. The monoisotopic (exact) mass is 397 g/mol. The zero-order valence-corrected chi connectivity index (χ0v) is 17.3. The number of hydrogen-bond acceptors (Lipinski definition) is 5. The summed E-state index contributed by atoms with van der Waals surface area (Å²) in [5.74, 6) is 0.637. The summed E-state index contributed by atoms with van der Waals surface area (Å²) in [5, 5.41) is 11.0. The second kappa shape index (κ2) is 8.08. The van der Waals surface area contributed by atoms with Crippen molar-refractivity contribution in [3.63, 3.8) is 0 Å². The number of rotatable bonds is 3. The van der Waals surface area contributed by atoms with Crippen molar-refractivity contribution in [2.45, 2.75) is 40.0 Å². The minimum absolute atomic E-state index is 0.101. The number of nitrogens with zero attached hydrogens (tertiary/aromatic N) is 4. The lowest BCUT2D eigenvalue weighted by atomic mass is 9.90. The van der Waals surface area contributed by atoms with Crippen molar-refractivity contribution in [1.29, 1.82) is 0 Å². The second-order valence-electron chi connectivity index (χ2n) is 7.96. The van der Waals surface area contributed by atoms with Gasteiger partial charge in [-0.25, -0.2) is 4.98 Å². The van der Waals surface area contributed by atoms with Gasteiger partial charge in [0.15, 0.2) is 17.9 Å². The van der Waals surface area contributed by atoms with E-state index in [1.54, 1.807) is 6.20 Å². The van der Waals surface area contributed by atoms with E-state index in [4.69, 9.17) is 4.74 Å². The molecule has 0 saturated carbocycles. The molecule has 0 bridgehead atoms. The molecular weight excluding hydrogens is 368 g/mol. The number of aliphatic hydroxyl groups excluding tert-OH is 1. The second-order valence-corrected chi connectivity index (χ2v) is 7.96. The van der Waals surface area contributed by atoms with Gasteiger partial charge in [-0.2, -0.15) is 4.57 Å². The Bertz CT molecular complexity index is 891. The Hall–Kier alpha value is -2.51. The Morgan fingerprint density at radius 3 is 2.62 bits per heavy atom. The number of aromatic nitrogens is 2. The standard InChI is InChI=1S/C22H29N4O3/c1-15-5-4-6-16(2)25(15)14-19-11-18-12-21(24-7-9-29-10-8-24)23-13-20(18)26(17(3)27)22(19)28/h4-6,12-13,19,22,28H,7-11,14H2,1-3H3/q+1. The first-order valence-electron chi connectivity index (χ1n) is 10.2. The molecule has 0 spiro atoms. The number of amides is 1. The molecule has 1 amide bonds. The van der Waals surface area contributed by atoms with Gasteiger partial charge in [0.1, 0.15) is 12.0 Å². The topological polar surface area (TPSA) is 69.8 Å². The largest absolute Gasteiger partial charge is 0.378 e. The number of pyridine rings is 2. The van der Waals surface area contributed by atoms with Crippen molar-refractivity contribution < 1.29 is 19.2 Å². The molecule has 154 valence electrons. The lowest BCUT2D eigenvalue weighted by Crippen LogP contribution is -2.54. The Morgan fingerprint density at radius 1 is 1.28 bits per heavy atom. The first-order valence-corrected chi connectivity index (χ1v) is 10.2. The van der Waals surface area contributed by atoms with E-state index in [-0.39, 0.29) is 11.8 Å². The third-order valence-electron chi connectivity index (χ3n) is 6.00. The molecule has 4 heterocycles. The maximum absolute atomic E-state index is 12.4. The summed E-state index contributed by atoms with van der Waals surface area (Å²) < 4.78 is 7.65. The molecule has 0 aliphatic carbocycles. The van der Waals surface area contributed by atoms with Gasteiger partial charge in [0.25, 0.3) is 0 Å². The molecule has 2 atom stereocenters. The maximum Gasteiger partial charge on any atom is 0.226 e. The molecule has 2 unspecified atom stereocenters. The van der Waals surface area contributed by atoms with E-state index in [1.165, 1.54) is 11.8 Å². The molecule has 29 heavy (non-hydrogen) atoms. The normalized spacial score (nSPS) is 21.8. The molecule has 1 N–H and O–H groups in total. The average molecular weight is 397 g/mol. The van der Waals surface area contributed by atoms with Crippen molar-refractivity contribution in [3.05, 3.63) is 47.4 Å². The van der Waals surface area contributed by atoms with E-state index in [0.29, 0.717) is 31.9 Å². The minimum Gasteiger partial charge on any atom is -0.378 e. The first kappa shape index (κ1) is 19.8. The van der Waals surface area contributed by atoms with Crippen LogP contribution in [0.2, 0.25) is 0 Å². The number of hydrogen-bond donors (Lipinski definition) is 1. The van der Waals surface area contributed by atoms with Gasteiger partial charge in [0, 0.05) is 46.0 Å². The number of ether oxygens (including phenoxy) is 1. The number of aliphatic hydroxyl groups is 1. The van der Waals surface area contributed by atoms with Crippen molar-refractivity contribution in [2.75, 3.05) is 36.1 Å². The van der Waals surface area contributed by atoms with Crippen LogP contribution in [0.4, 0.5) is 11.5 Å². The Labute approximate surface area is 171 Å². The third kappa shape index (κ3) is 3.84. The number of fused-ring (bicyclic) bond motifs is 1. The smallest absolute Gasteiger partial charge is 0.226 e. The molecule has 7 nitrogen and oxygen atoms in total. The summed E-state index contributed by atoms with van der Waals surface area (Å²) in [5.41, 5.74) is 4.05. The summed E-state index contributed by atoms with van der Waals surface area (Å²) in [7, 11) is 0. The predicted molar refractivity (Wildman–Crippen MR) is 110 cm³/mol. The van der Waals surface area contributed by atoms with E-state index in [9.17, 15) is 9.90 Å². The number of anilines is 2. The SMILES string of the molecule is CC(=O)N1c2cnc(N3CCOCC3)cc2CC(C[n+]2c(C)cccc2C)C1O. The number of carbonyl (C=O) groups is 1. The lowest BCUT2D eigenvalue weighted by Gasteiger charge is -2.38. The van der Waals surface area contributed by atoms with Crippen LogP contribution in [-0.2, 0) is 22.5 Å². The van der Waals surface area contributed by atoms with Crippen molar-refractivity contribution in [1.82, 2.24) is 4.98 Å². The fraction of sp³-hybridized carbons (Fsp3) is 0.500. The molecule has 1 saturated heterocycles. The van der Waals surface area contributed by atoms with Crippen LogP contribution < -0.4 is 14.4 Å². The predicted octanol–water partition coefficient (Wildman–Crippen LogP) is 1.37. The maximum atomic E-state index is 12.4. The van der Waals surface area contributed by atoms with E-state index in [0.717, 1.165) is 35.9 Å². The fourth-order valence-electron chi connectivity index (χ4n) is 4.39. The molecular formula is C22H29N4O3+. The zero-order valence-electron chi connectivity index (χ0n) is 17.3. The number of carbonyl (C=O) groups excluding carboxylic acids is 1. The van der Waals surface area contributed by atoms with Crippen LogP contribution in [0.1, 0.15) is 23.9 Å². The Morgan fingerprint density at radius 2 is 1.97 bits per heavy atom. The van der Waals surface area contributed by atoms with Crippen LogP contribution in [-0.4, -0.2) is 48.5 Å². The molecule has 7 heteroatoms. The van der Waals surface area contributed by atoms with Crippen molar-refractivity contribution in [3.8, 4) is 0 Å². The number of morpholine rings is 1. The van der Waals surface area contributed by atoms with Crippen LogP contribution in [0, 0.1) is 19.8 Å². The molecule has 4 rings (SSSR count). The summed E-state index contributed by atoms with van der Waals surface area (Å²) in [6, 6.07) is 8.25. The van der Waals surface area contributed by atoms with Gasteiger partial charge in [-0.3, -0.25) is 9.69 Å².